The van der Waals surface area contributed by atoms with Crippen molar-refractivity contribution < 1.29 is 15.4 Å². The minimum atomic E-state index is -2.13. The lowest BCUT2D eigenvalue weighted by molar-refractivity contribution is -0.137. The maximum Gasteiger partial charge on any atom is 0.303 e. The molecule has 3 heteroatoms. The molecular weight excluding hydrogens is 142 g/mol. The van der Waals surface area contributed by atoms with Gasteiger partial charge in [0.1, 0.15) is 1.41 Å². The van der Waals surface area contributed by atoms with E-state index in [1.54, 1.807) is 20.8 Å². The van der Waals surface area contributed by atoms with Gasteiger partial charge >= 0.3 is 5.97 Å². The Hall–Kier alpha value is -0.570. The quantitative estimate of drug-likeness (QED) is 0.657. The van der Waals surface area contributed by atoms with Crippen molar-refractivity contribution in [2.45, 2.75) is 39.1 Å². The third-order valence-electron chi connectivity index (χ3n) is 0.774. The second kappa shape index (κ2) is 4.34. The second-order valence-corrected chi connectivity index (χ2v) is 3.17. The molecule has 0 aromatic carbocycles. The number of rotatable bonds is 4. The summed E-state index contributed by atoms with van der Waals surface area (Å²) in [6, 6.07) is 0. The summed E-state index contributed by atoms with van der Waals surface area (Å²) in [6.45, 7) is 2.83. The third-order valence-corrected chi connectivity index (χ3v) is 0.774. The van der Waals surface area contributed by atoms with Crippen molar-refractivity contribution in [1.29, 1.82) is 1.43 Å². The lowest BCUT2D eigenvalue weighted by Crippen LogP contribution is -2.36. The highest BCUT2D eigenvalue weighted by Crippen LogP contribution is 1.98. The van der Waals surface area contributed by atoms with Crippen LogP contribution in [0.25, 0.3) is 1.43 Å². The van der Waals surface area contributed by atoms with E-state index in [2.05, 4.69) is 5.11 Å². The normalized spacial score (nSPS) is 22.4. The number of nitrogens with one attached hydrogen (secondary N) is 1. The molecule has 0 fully saturated rings. The van der Waals surface area contributed by atoms with Crippen LogP contribution in [-0.2, 0) is 4.79 Å². The molecule has 0 saturated carbocycles. The van der Waals surface area contributed by atoms with E-state index in [0.717, 1.165) is 0 Å². The molecule has 0 saturated heterocycles. The molecule has 3 nitrogen and oxygen atoms in total. The first kappa shape index (κ1) is 4.45. The number of carbonyl (C=O) groups is 1. The standard InChI is InChI=1S/C8H17NO2/c1-8(2,3)9-6-4-5-7(10)11/h9H,4-6H2,1-3H3,(H,10,11)/i5D,6D2/hD2. The van der Waals surface area contributed by atoms with Gasteiger partial charge < -0.3 is 10.4 Å². The largest absolute Gasteiger partial charge is 0.481 e. The Bertz CT molecular complexity index is 253. The van der Waals surface area contributed by atoms with Crippen LogP contribution >= 0.6 is 0 Å². The predicted octanol–water partition coefficient (Wildman–Crippen LogP) is 1.24. The van der Waals surface area contributed by atoms with E-state index in [9.17, 15) is 4.79 Å². The number of hydrogen-bond donors (Lipinski definition) is 2. The van der Waals surface area contributed by atoms with Crippen LogP contribution in [0, 0.1) is 0 Å². The van der Waals surface area contributed by atoms with Crippen LogP contribution in [0.4, 0.5) is 0 Å². The van der Waals surface area contributed by atoms with Gasteiger partial charge in [0.25, 0.3) is 1.43 Å². The summed E-state index contributed by atoms with van der Waals surface area (Å²) in [7, 11) is 0. The van der Waals surface area contributed by atoms with Crippen LogP contribution < -0.4 is 5.31 Å². The van der Waals surface area contributed by atoms with E-state index in [0.29, 0.717) is 5.31 Å². The van der Waals surface area contributed by atoms with E-state index >= 15 is 0 Å². The number of carboxylic acid groups (broad SMARTS) is 1. The second-order valence-electron chi connectivity index (χ2n) is 3.17. The van der Waals surface area contributed by atoms with Gasteiger partial charge in [-0.2, -0.15) is 0 Å². The Kier molecular flexibility index (Phi) is 1.76. The molecule has 0 rings (SSSR count). The van der Waals surface area contributed by atoms with E-state index in [1.165, 1.54) is 0 Å². The molecule has 0 amide bonds. The number of hydrogen-bond acceptors (Lipinski definition) is 3. The smallest absolute Gasteiger partial charge is 0.303 e. The van der Waals surface area contributed by atoms with Crippen LogP contribution in [-0.4, -0.2) is 23.1 Å². The lowest BCUT2D eigenvalue weighted by atomic mass is 10.1. The zero-order valence-electron chi connectivity index (χ0n) is 12.0. The Morgan fingerprint density at radius 1 is 1.82 bits per heavy atom. The summed E-state index contributed by atoms with van der Waals surface area (Å²) < 4.78 is 36.4. The Morgan fingerprint density at radius 3 is 2.91 bits per heavy atom. The van der Waals surface area contributed by atoms with Crippen LogP contribution in [0.5, 0.6) is 0 Å². The van der Waals surface area contributed by atoms with E-state index < -0.39 is 30.8 Å². The molecule has 0 aliphatic heterocycles. The lowest BCUT2D eigenvalue weighted by Gasteiger charge is -2.19. The van der Waals surface area contributed by atoms with Crippen LogP contribution in [0.1, 0.15) is 37.7 Å². The molecule has 1 atom stereocenters. The minimum absolute atomic E-state index is 0.508. The summed E-state index contributed by atoms with van der Waals surface area (Å²) >= 11 is 0. The SMILES string of the molecule is [2H]OC(=O)C([2H])CC([2H])([2H])N([2H])C(C)(C)C. The first-order valence-corrected chi connectivity index (χ1v) is 3.41. The van der Waals surface area contributed by atoms with Gasteiger partial charge in [-0.1, -0.05) is 0 Å². The molecule has 66 valence electrons. The molecule has 0 bridgehead atoms. The molecule has 0 radical (unpaired) electrons. The summed E-state index contributed by atoms with van der Waals surface area (Å²) in [5.74, 6) is -1.12. The number of aliphatic carboxylic acids is 1. The van der Waals surface area contributed by atoms with Crippen LogP contribution in [0.2, 0.25) is 1.41 Å². The van der Waals surface area contributed by atoms with Crippen molar-refractivity contribution in [2.75, 3.05) is 6.50 Å². The highest BCUT2D eigenvalue weighted by atomic mass is 16.4. The number of carboxylic acids is 1. The maximum absolute atomic E-state index is 10.8. The summed E-state index contributed by atoms with van der Waals surface area (Å²) in [5, 5.41) is 4.31. The topological polar surface area (TPSA) is 49.3 Å². The van der Waals surface area contributed by atoms with Gasteiger partial charge in [0.05, 0.1) is 0 Å². The monoisotopic (exact) mass is 164 g/mol. The first-order valence-electron chi connectivity index (χ1n) is 5.84. The molecule has 0 spiro atoms. The molecule has 0 aliphatic rings. The molecular formula is C8H17NO2. The Morgan fingerprint density at radius 2 is 2.45 bits per heavy atom. The van der Waals surface area contributed by atoms with Gasteiger partial charge in [0.15, 0.2) is 0 Å². The van der Waals surface area contributed by atoms with Crippen LogP contribution in [0.15, 0.2) is 0 Å². The molecule has 0 aromatic rings. The highest BCUT2D eigenvalue weighted by molar-refractivity contribution is 5.66. The first-order chi connectivity index (χ1) is 7.02. The van der Waals surface area contributed by atoms with Gasteiger partial charge in [-0.3, -0.25) is 4.79 Å². The summed E-state index contributed by atoms with van der Waals surface area (Å²) in [5.41, 5.74) is -0.742. The van der Waals surface area contributed by atoms with E-state index in [-0.39, 0.29) is 0 Å². The molecule has 0 aromatic heterocycles. The maximum atomic E-state index is 10.8. The summed E-state index contributed by atoms with van der Waals surface area (Å²) in [4.78, 5) is 10.8. The van der Waals surface area contributed by atoms with Crippen molar-refractivity contribution in [2.24, 2.45) is 0 Å². The summed E-state index contributed by atoms with van der Waals surface area (Å²) in [6.07, 6.45) is -2.01. The van der Waals surface area contributed by atoms with Crippen molar-refractivity contribution in [3.63, 3.8) is 0 Å². The highest BCUT2D eigenvalue weighted by Gasteiger charge is 2.07. The van der Waals surface area contributed by atoms with Gasteiger partial charge in [-0.25, -0.2) is 0 Å². The van der Waals surface area contributed by atoms with Gasteiger partial charge in [-0.05, 0) is 33.7 Å². The zero-order chi connectivity index (χ0) is 13.1. The van der Waals surface area contributed by atoms with Crippen molar-refractivity contribution in [3.8, 4) is 0 Å². The average Bonchev–Trinajstić information content (AvgIpc) is 2.13. The molecule has 0 aliphatic carbocycles. The minimum Gasteiger partial charge on any atom is -0.481 e. The third kappa shape index (κ3) is 9.43. The van der Waals surface area contributed by atoms with E-state index in [4.69, 9.17) is 6.96 Å². The molecule has 11 heavy (non-hydrogen) atoms. The molecule has 1 unspecified atom stereocenters. The van der Waals surface area contributed by atoms with Crippen LogP contribution in [0.3, 0.4) is 0 Å². The van der Waals surface area contributed by atoms with Crippen molar-refractivity contribution in [1.82, 2.24) is 5.31 Å². The Labute approximate surface area is 75.0 Å². The zero-order valence-corrected chi connectivity index (χ0v) is 7.05. The van der Waals surface area contributed by atoms with Gasteiger partial charge in [0.2, 0.25) is 0 Å². The molecule has 2 N–H and O–H groups in total. The fourth-order valence-electron chi connectivity index (χ4n) is 0.412. The Balaban J connectivity index is 4.63. The average molecular weight is 164 g/mol. The van der Waals surface area contributed by atoms with Crippen molar-refractivity contribution in [3.05, 3.63) is 0 Å². The fraction of sp³-hybridized carbons (Fsp3) is 0.875. The fourth-order valence-corrected chi connectivity index (χ4v) is 0.412. The predicted molar refractivity (Wildman–Crippen MR) is 44.6 cm³/mol. The van der Waals surface area contributed by atoms with Crippen molar-refractivity contribution >= 4 is 5.97 Å². The van der Waals surface area contributed by atoms with Gasteiger partial charge in [-0.15, -0.1) is 0 Å². The molecule has 0 heterocycles. The van der Waals surface area contributed by atoms with E-state index in [1.807, 2.05) is 0 Å². The van der Waals surface area contributed by atoms with Gasteiger partial charge in [0, 0.05) is 16.0 Å².